The molecule has 5 nitrogen and oxygen atoms in total. The molecule has 0 spiro atoms. The van der Waals surface area contributed by atoms with Gasteiger partial charge in [0.2, 0.25) is 0 Å². The van der Waals surface area contributed by atoms with Crippen LogP contribution in [0.15, 0.2) is 29.3 Å². The Balaban J connectivity index is 1.66. The predicted molar refractivity (Wildman–Crippen MR) is 98.7 cm³/mol. The molecule has 0 unspecified atom stereocenters. The number of nitrogens with one attached hydrogen (secondary N) is 2. The molecule has 0 aromatic heterocycles. The normalized spacial score (nSPS) is 15.9. The van der Waals surface area contributed by atoms with E-state index in [0.29, 0.717) is 24.2 Å². The summed E-state index contributed by atoms with van der Waals surface area (Å²) >= 11 is 0. The number of nitrogens with zero attached hydrogens (tertiary/aromatic N) is 1. The Morgan fingerprint density at radius 1 is 1.19 bits per heavy atom. The first-order valence-corrected chi connectivity index (χ1v) is 9.28. The van der Waals surface area contributed by atoms with Crippen LogP contribution in [0.2, 0.25) is 0 Å². The van der Waals surface area contributed by atoms with E-state index >= 15 is 0 Å². The molecule has 0 saturated heterocycles. The molecule has 0 radical (unpaired) electrons. The van der Waals surface area contributed by atoms with Crippen LogP contribution in [0.4, 0.5) is 8.78 Å². The molecule has 2 rings (SSSR count). The minimum Gasteiger partial charge on any atom is -0.434 e. The number of guanidine groups is 1. The summed E-state index contributed by atoms with van der Waals surface area (Å²) in [6, 6.07) is 6.73. The quantitative estimate of drug-likeness (QED) is 0.396. The number of alkyl halides is 2. The molecular weight excluding hydrogens is 340 g/mol. The summed E-state index contributed by atoms with van der Waals surface area (Å²) in [6.07, 6.45) is 7.55. The van der Waals surface area contributed by atoms with Crippen LogP contribution < -0.4 is 15.4 Å². The van der Waals surface area contributed by atoms with E-state index in [9.17, 15) is 8.78 Å². The summed E-state index contributed by atoms with van der Waals surface area (Å²) < 4.78 is 35.3. The van der Waals surface area contributed by atoms with Crippen molar-refractivity contribution in [3.63, 3.8) is 0 Å². The van der Waals surface area contributed by atoms with Gasteiger partial charge in [0.25, 0.3) is 0 Å². The molecule has 0 atom stereocenters. The van der Waals surface area contributed by atoms with Gasteiger partial charge in [-0.05, 0) is 25.3 Å². The third kappa shape index (κ3) is 7.56. The lowest BCUT2D eigenvalue weighted by atomic mass is 9.98. The van der Waals surface area contributed by atoms with Crippen LogP contribution in [0, 0.1) is 0 Å². The van der Waals surface area contributed by atoms with Crippen molar-refractivity contribution in [1.29, 1.82) is 0 Å². The van der Waals surface area contributed by atoms with Gasteiger partial charge in [-0.15, -0.1) is 0 Å². The molecule has 2 N–H and O–H groups in total. The number of hydrogen-bond donors (Lipinski definition) is 2. The fourth-order valence-electron chi connectivity index (χ4n) is 3.02. The Kier molecular flexibility index (Phi) is 9.17. The average Bonchev–Trinajstić information content (AvgIpc) is 2.65. The van der Waals surface area contributed by atoms with Crippen molar-refractivity contribution in [2.75, 3.05) is 20.2 Å². The summed E-state index contributed by atoms with van der Waals surface area (Å²) in [5.41, 5.74) is 0.649. The number of hydrogen-bond acceptors (Lipinski definition) is 3. The molecule has 1 saturated carbocycles. The molecule has 0 aliphatic heterocycles. The second-order valence-electron chi connectivity index (χ2n) is 6.32. The van der Waals surface area contributed by atoms with Crippen LogP contribution >= 0.6 is 0 Å². The third-order valence-electron chi connectivity index (χ3n) is 4.38. The molecule has 1 aliphatic carbocycles. The van der Waals surface area contributed by atoms with Gasteiger partial charge < -0.3 is 20.1 Å². The summed E-state index contributed by atoms with van der Waals surface area (Å²) in [5.74, 6) is 0.792. The van der Waals surface area contributed by atoms with Gasteiger partial charge in [-0.25, -0.2) is 0 Å². The zero-order valence-corrected chi connectivity index (χ0v) is 15.3. The highest BCUT2D eigenvalue weighted by atomic mass is 19.3. The van der Waals surface area contributed by atoms with Crippen molar-refractivity contribution in [2.45, 2.75) is 57.8 Å². The first-order chi connectivity index (χ1) is 12.7. The van der Waals surface area contributed by atoms with Gasteiger partial charge >= 0.3 is 6.61 Å². The van der Waals surface area contributed by atoms with Gasteiger partial charge in [0.1, 0.15) is 5.75 Å². The molecule has 1 aromatic rings. The van der Waals surface area contributed by atoms with Crippen LogP contribution in [0.25, 0.3) is 0 Å². The zero-order valence-electron chi connectivity index (χ0n) is 15.3. The number of aliphatic imine (C=N–C) groups is 1. The second kappa shape index (κ2) is 11.7. The zero-order chi connectivity index (χ0) is 18.6. The lowest BCUT2D eigenvalue weighted by Crippen LogP contribution is -2.37. The van der Waals surface area contributed by atoms with Crippen LogP contribution in [-0.4, -0.2) is 38.9 Å². The molecule has 1 fully saturated rings. The molecule has 1 aromatic carbocycles. The van der Waals surface area contributed by atoms with E-state index in [1.807, 2.05) is 0 Å². The number of benzene rings is 1. The summed E-state index contributed by atoms with van der Waals surface area (Å²) in [5, 5.41) is 6.32. The second-order valence-corrected chi connectivity index (χ2v) is 6.32. The fraction of sp³-hybridized carbons (Fsp3) is 0.632. The van der Waals surface area contributed by atoms with Crippen molar-refractivity contribution in [2.24, 2.45) is 4.99 Å². The number of ether oxygens (including phenoxy) is 2. The molecule has 7 heteroatoms. The highest BCUT2D eigenvalue weighted by Gasteiger charge is 2.13. The Hall–Kier alpha value is -1.89. The Bertz CT molecular complexity index is 549. The molecule has 26 heavy (non-hydrogen) atoms. The molecule has 0 bridgehead atoms. The smallest absolute Gasteiger partial charge is 0.387 e. The Morgan fingerprint density at radius 3 is 2.69 bits per heavy atom. The van der Waals surface area contributed by atoms with Crippen molar-refractivity contribution in [3.05, 3.63) is 29.8 Å². The van der Waals surface area contributed by atoms with Gasteiger partial charge in [-0.1, -0.05) is 37.5 Å². The maximum absolute atomic E-state index is 12.4. The van der Waals surface area contributed by atoms with E-state index in [-0.39, 0.29) is 5.75 Å². The van der Waals surface area contributed by atoms with Gasteiger partial charge in [0.05, 0.1) is 6.10 Å². The highest BCUT2D eigenvalue weighted by Crippen LogP contribution is 2.20. The molecule has 0 amide bonds. The number of para-hydroxylation sites is 1. The number of halogens is 2. The fourth-order valence-corrected chi connectivity index (χ4v) is 3.02. The van der Waals surface area contributed by atoms with Gasteiger partial charge in [0, 0.05) is 32.3 Å². The van der Waals surface area contributed by atoms with Crippen LogP contribution in [0.1, 0.15) is 44.1 Å². The largest absolute Gasteiger partial charge is 0.434 e. The Labute approximate surface area is 154 Å². The topological polar surface area (TPSA) is 54.9 Å². The minimum absolute atomic E-state index is 0.173. The van der Waals surface area contributed by atoms with Crippen LogP contribution in [0.5, 0.6) is 5.75 Å². The predicted octanol–water partition coefficient (Wildman–Crippen LogP) is 3.69. The van der Waals surface area contributed by atoms with Gasteiger partial charge in [0.15, 0.2) is 5.96 Å². The van der Waals surface area contributed by atoms with Crippen molar-refractivity contribution >= 4 is 5.96 Å². The lowest BCUT2D eigenvalue weighted by molar-refractivity contribution is -0.0504. The molecular formula is C19H29F2N3O2. The van der Waals surface area contributed by atoms with Crippen molar-refractivity contribution in [3.8, 4) is 5.75 Å². The maximum Gasteiger partial charge on any atom is 0.387 e. The summed E-state index contributed by atoms with van der Waals surface area (Å²) in [6.45, 7) is -1.01. The van der Waals surface area contributed by atoms with Crippen molar-refractivity contribution < 1.29 is 18.3 Å². The SMILES string of the molecule is CN=C(NCCCOC1CCCCC1)NCc1ccccc1OC(F)F. The monoisotopic (exact) mass is 369 g/mol. The maximum atomic E-state index is 12.4. The van der Waals surface area contributed by atoms with E-state index in [2.05, 4.69) is 20.4 Å². The first-order valence-electron chi connectivity index (χ1n) is 9.28. The molecule has 146 valence electrons. The van der Waals surface area contributed by atoms with Crippen LogP contribution in [-0.2, 0) is 11.3 Å². The highest BCUT2D eigenvalue weighted by molar-refractivity contribution is 5.79. The first kappa shape index (κ1) is 20.4. The molecule has 1 aliphatic rings. The van der Waals surface area contributed by atoms with E-state index in [1.165, 1.54) is 38.2 Å². The van der Waals surface area contributed by atoms with Crippen LogP contribution in [0.3, 0.4) is 0 Å². The summed E-state index contributed by atoms with van der Waals surface area (Å²) in [7, 11) is 1.68. The standard InChI is InChI=1S/C19H29F2N3O2/c1-22-19(23-12-7-13-25-16-9-3-2-4-10-16)24-14-15-8-5-6-11-17(15)26-18(20)21/h5-6,8,11,16,18H,2-4,7,9-10,12-14H2,1H3,(H2,22,23,24). The van der Waals surface area contributed by atoms with E-state index in [4.69, 9.17) is 4.74 Å². The minimum atomic E-state index is -2.84. The molecule has 0 heterocycles. The Morgan fingerprint density at radius 2 is 1.96 bits per heavy atom. The van der Waals surface area contributed by atoms with Gasteiger partial charge in [-0.3, -0.25) is 4.99 Å². The van der Waals surface area contributed by atoms with E-state index < -0.39 is 6.61 Å². The van der Waals surface area contributed by atoms with Gasteiger partial charge in [-0.2, -0.15) is 8.78 Å². The lowest BCUT2D eigenvalue weighted by Gasteiger charge is -2.22. The number of rotatable bonds is 9. The summed E-state index contributed by atoms with van der Waals surface area (Å²) in [4.78, 5) is 4.15. The van der Waals surface area contributed by atoms with Crippen molar-refractivity contribution in [1.82, 2.24) is 10.6 Å². The average molecular weight is 369 g/mol. The van der Waals surface area contributed by atoms with E-state index in [1.54, 1.807) is 25.2 Å². The van der Waals surface area contributed by atoms with E-state index in [0.717, 1.165) is 19.6 Å². The third-order valence-corrected chi connectivity index (χ3v) is 4.38.